The molecule has 1 aromatic heterocycles. The predicted molar refractivity (Wildman–Crippen MR) is 79.0 cm³/mol. The lowest BCUT2D eigenvalue weighted by Gasteiger charge is -2.09. The molecule has 1 heterocycles. The summed E-state index contributed by atoms with van der Waals surface area (Å²) in [6.45, 7) is 4.38. The Morgan fingerprint density at radius 2 is 2.11 bits per heavy atom. The largest absolute Gasteiger partial charge is 0.346 e. The van der Waals surface area contributed by atoms with E-state index in [0.29, 0.717) is 12.1 Å². The molecule has 0 bridgehead atoms. The number of benzene rings is 1. The summed E-state index contributed by atoms with van der Waals surface area (Å²) in [6.07, 6.45) is 1.73. The number of aromatic nitrogens is 1. The first-order valence-corrected chi connectivity index (χ1v) is 6.82. The Morgan fingerprint density at radius 1 is 1.32 bits per heavy atom. The van der Waals surface area contributed by atoms with Gasteiger partial charge in [0.25, 0.3) is 5.91 Å². The van der Waals surface area contributed by atoms with Crippen molar-refractivity contribution in [2.75, 3.05) is 0 Å². The van der Waals surface area contributed by atoms with Crippen molar-refractivity contribution in [1.29, 1.82) is 0 Å². The summed E-state index contributed by atoms with van der Waals surface area (Å²) in [5.41, 5.74) is 3.67. The third kappa shape index (κ3) is 3.41. The molecule has 1 N–H and O–H groups in total. The Bertz CT molecular complexity index is 611. The van der Waals surface area contributed by atoms with Crippen molar-refractivity contribution in [3.8, 4) is 0 Å². The Hall–Kier alpha value is -1.68. The van der Waals surface area contributed by atoms with Crippen LogP contribution in [0.2, 0.25) is 0 Å². The van der Waals surface area contributed by atoms with Gasteiger partial charge in [-0.25, -0.2) is 0 Å². The molecule has 0 saturated heterocycles. The molecule has 98 valence electrons. The van der Waals surface area contributed by atoms with Gasteiger partial charge in [-0.1, -0.05) is 17.7 Å². The van der Waals surface area contributed by atoms with E-state index in [0.717, 1.165) is 21.3 Å². The van der Waals surface area contributed by atoms with Gasteiger partial charge in [0.2, 0.25) is 0 Å². The fourth-order valence-electron chi connectivity index (χ4n) is 1.78. The molecule has 0 unspecified atom stereocenters. The second-order valence-corrected chi connectivity index (χ2v) is 5.29. The molecule has 1 aromatic carbocycles. The smallest absolute Gasteiger partial charge is 0.252 e. The minimum Gasteiger partial charge on any atom is -0.346 e. The highest BCUT2D eigenvalue weighted by Crippen LogP contribution is 2.18. The van der Waals surface area contributed by atoms with Gasteiger partial charge in [-0.05, 0) is 53.5 Å². The van der Waals surface area contributed by atoms with Gasteiger partial charge < -0.3 is 5.32 Å². The van der Waals surface area contributed by atoms with E-state index in [1.807, 2.05) is 44.2 Å². The van der Waals surface area contributed by atoms with Crippen molar-refractivity contribution < 1.29 is 4.79 Å². The highest BCUT2D eigenvalue weighted by Gasteiger charge is 2.10. The average Bonchev–Trinajstić information content (AvgIpc) is 2.40. The molecule has 0 atom stereocenters. The van der Waals surface area contributed by atoms with E-state index in [4.69, 9.17) is 0 Å². The van der Waals surface area contributed by atoms with Gasteiger partial charge in [-0.15, -0.1) is 0 Å². The van der Waals surface area contributed by atoms with Crippen LogP contribution in [0.3, 0.4) is 0 Å². The minimum absolute atomic E-state index is 0.0966. The molecule has 4 heteroatoms. The zero-order chi connectivity index (χ0) is 13.8. The molecular formula is C15H15BrN2O. The van der Waals surface area contributed by atoms with Gasteiger partial charge in [0.1, 0.15) is 0 Å². The molecule has 0 spiro atoms. The molecule has 0 radical (unpaired) electrons. The number of pyridine rings is 1. The minimum atomic E-state index is -0.0966. The predicted octanol–water partition coefficient (Wildman–Crippen LogP) is 3.39. The first-order valence-electron chi connectivity index (χ1n) is 6.03. The zero-order valence-corrected chi connectivity index (χ0v) is 12.5. The number of hydrogen-bond donors (Lipinski definition) is 1. The van der Waals surface area contributed by atoms with Gasteiger partial charge in [0.15, 0.2) is 0 Å². The van der Waals surface area contributed by atoms with E-state index in [1.165, 1.54) is 0 Å². The lowest BCUT2D eigenvalue weighted by atomic mass is 10.1. The van der Waals surface area contributed by atoms with Gasteiger partial charge in [0.05, 0.1) is 17.8 Å². The molecule has 0 aliphatic heterocycles. The number of aryl methyl sites for hydroxylation is 2. The van der Waals surface area contributed by atoms with Crippen LogP contribution in [0.15, 0.2) is 41.0 Å². The quantitative estimate of drug-likeness (QED) is 0.942. The van der Waals surface area contributed by atoms with Gasteiger partial charge in [-0.3, -0.25) is 9.78 Å². The van der Waals surface area contributed by atoms with Crippen LogP contribution in [0.5, 0.6) is 0 Å². The Morgan fingerprint density at radius 3 is 2.84 bits per heavy atom. The van der Waals surface area contributed by atoms with Crippen LogP contribution < -0.4 is 5.32 Å². The third-order valence-corrected chi connectivity index (χ3v) is 3.59. The molecule has 2 aromatic rings. The molecular weight excluding hydrogens is 304 g/mol. The van der Waals surface area contributed by atoms with Gasteiger partial charge in [-0.2, -0.15) is 0 Å². The average molecular weight is 319 g/mol. The lowest BCUT2D eigenvalue weighted by Crippen LogP contribution is -2.24. The van der Waals surface area contributed by atoms with E-state index < -0.39 is 0 Å². The molecule has 19 heavy (non-hydrogen) atoms. The zero-order valence-electron chi connectivity index (χ0n) is 10.9. The van der Waals surface area contributed by atoms with Crippen molar-refractivity contribution in [1.82, 2.24) is 10.3 Å². The van der Waals surface area contributed by atoms with Crippen molar-refractivity contribution in [3.05, 3.63) is 63.4 Å². The third-order valence-electron chi connectivity index (χ3n) is 2.90. The van der Waals surface area contributed by atoms with Gasteiger partial charge >= 0.3 is 0 Å². The molecule has 3 nitrogen and oxygen atoms in total. The second-order valence-electron chi connectivity index (χ2n) is 4.43. The van der Waals surface area contributed by atoms with Crippen molar-refractivity contribution >= 4 is 21.8 Å². The number of nitrogens with zero attached hydrogens (tertiary/aromatic N) is 1. The van der Waals surface area contributed by atoms with Crippen LogP contribution in [0.25, 0.3) is 0 Å². The number of hydrogen-bond acceptors (Lipinski definition) is 2. The maximum atomic E-state index is 12.1. The van der Waals surface area contributed by atoms with Crippen LogP contribution in [0.1, 0.15) is 27.2 Å². The van der Waals surface area contributed by atoms with Crippen molar-refractivity contribution in [2.24, 2.45) is 0 Å². The van der Waals surface area contributed by atoms with E-state index in [2.05, 4.69) is 26.2 Å². The first-order chi connectivity index (χ1) is 9.08. The standard InChI is InChI=1S/C15H15BrN2O/c1-10-5-6-13(16)12(8-10)15(19)18-9-14-11(2)4-3-7-17-14/h3-8H,9H2,1-2H3,(H,18,19). The fraction of sp³-hybridized carbons (Fsp3) is 0.200. The lowest BCUT2D eigenvalue weighted by molar-refractivity contribution is 0.0949. The van der Waals surface area contributed by atoms with Crippen LogP contribution in [-0.4, -0.2) is 10.9 Å². The summed E-state index contributed by atoms with van der Waals surface area (Å²) in [7, 11) is 0. The summed E-state index contributed by atoms with van der Waals surface area (Å²) < 4.78 is 0.799. The molecule has 0 saturated carbocycles. The number of rotatable bonds is 3. The van der Waals surface area contributed by atoms with Crippen LogP contribution in [0, 0.1) is 13.8 Å². The Balaban J connectivity index is 2.10. The van der Waals surface area contributed by atoms with E-state index in [1.54, 1.807) is 6.20 Å². The number of halogens is 1. The fourth-order valence-corrected chi connectivity index (χ4v) is 2.20. The molecule has 0 fully saturated rings. The number of carbonyl (C=O) groups excluding carboxylic acids is 1. The monoisotopic (exact) mass is 318 g/mol. The second kappa shape index (κ2) is 5.97. The molecule has 0 aliphatic rings. The summed E-state index contributed by atoms with van der Waals surface area (Å²) in [6, 6.07) is 9.58. The maximum Gasteiger partial charge on any atom is 0.252 e. The molecule has 2 rings (SSSR count). The SMILES string of the molecule is Cc1ccc(Br)c(C(=O)NCc2ncccc2C)c1. The first kappa shape index (κ1) is 13.7. The topological polar surface area (TPSA) is 42.0 Å². The summed E-state index contributed by atoms with van der Waals surface area (Å²) in [5.74, 6) is -0.0966. The van der Waals surface area contributed by atoms with Crippen LogP contribution in [-0.2, 0) is 6.54 Å². The number of nitrogens with one attached hydrogen (secondary N) is 1. The highest BCUT2D eigenvalue weighted by atomic mass is 79.9. The normalized spacial score (nSPS) is 10.3. The Labute approximate surface area is 121 Å². The van der Waals surface area contributed by atoms with E-state index >= 15 is 0 Å². The van der Waals surface area contributed by atoms with Crippen LogP contribution in [0.4, 0.5) is 0 Å². The molecule has 0 aliphatic carbocycles. The summed E-state index contributed by atoms with van der Waals surface area (Å²) >= 11 is 3.40. The van der Waals surface area contributed by atoms with E-state index in [-0.39, 0.29) is 5.91 Å². The summed E-state index contributed by atoms with van der Waals surface area (Å²) in [5, 5.41) is 2.89. The van der Waals surface area contributed by atoms with Crippen molar-refractivity contribution in [3.63, 3.8) is 0 Å². The molecule has 1 amide bonds. The maximum absolute atomic E-state index is 12.1. The number of carbonyl (C=O) groups is 1. The summed E-state index contributed by atoms with van der Waals surface area (Å²) in [4.78, 5) is 16.4. The van der Waals surface area contributed by atoms with Gasteiger partial charge in [0, 0.05) is 10.7 Å². The Kier molecular flexibility index (Phi) is 4.32. The van der Waals surface area contributed by atoms with E-state index in [9.17, 15) is 4.79 Å². The number of amides is 1. The van der Waals surface area contributed by atoms with Crippen LogP contribution >= 0.6 is 15.9 Å². The van der Waals surface area contributed by atoms with Crippen molar-refractivity contribution in [2.45, 2.75) is 20.4 Å². The highest BCUT2D eigenvalue weighted by molar-refractivity contribution is 9.10.